The Balaban J connectivity index is 2.00. The van der Waals surface area contributed by atoms with E-state index in [9.17, 15) is 14.9 Å². The lowest BCUT2D eigenvalue weighted by atomic mass is 10.1. The third kappa shape index (κ3) is 3.24. The Hall–Kier alpha value is -1.70. The van der Waals surface area contributed by atoms with Gasteiger partial charge in [0, 0.05) is 6.04 Å². The van der Waals surface area contributed by atoms with Crippen molar-refractivity contribution in [3.05, 3.63) is 26.9 Å². The minimum Gasteiger partial charge on any atom is -0.469 e. The van der Waals surface area contributed by atoms with Gasteiger partial charge in [-0.15, -0.1) is 0 Å². The van der Waals surface area contributed by atoms with Crippen LogP contribution in [-0.2, 0) is 9.53 Å². The maximum Gasteiger partial charge on any atom is 0.377 e. The average Bonchev–Trinajstić information content (AvgIpc) is 2.86. The van der Waals surface area contributed by atoms with Crippen molar-refractivity contribution >= 4 is 33.4 Å². The minimum absolute atomic E-state index is 0.0769. The highest BCUT2D eigenvalue weighted by molar-refractivity contribution is 9.10. The van der Waals surface area contributed by atoms with Gasteiger partial charge in [-0.1, -0.05) is 0 Å². The highest BCUT2D eigenvalue weighted by Gasteiger charge is 2.30. The van der Waals surface area contributed by atoms with Crippen LogP contribution in [-0.4, -0.2) is 29.0 Å². The van der Waals surface area contributed by atoms with E-state index in [1.165, 1.54) is 13.3 Å². The van der Waals surface area contributed by atoms with E-state index in [1.54, 1.807) is 6.07 Å². The van der Waals surface area contributed by atoms with E-state index in [4.69, 9.17) is 4.74 Å². The molecule has 1 aromatic heterocycles. The quantitative estimate of drug-likeness (QED) is 0.512. The van der Waals surface area contributed by atoms with Gasteiger partial charge >= 0.3 is 11.8 Å². The Morgan fingerprint density at radius 3 is 2.95 bits per heavy atom. The Kier molecular flexibility index (Phi) is 4.53. The monoisotopic (exact) mass is 343 g/mol. The molecule has 8 heteroatoms. The molecule has 108 valence electrons. The van der Waals surface area contributed by atoms with E-state index >= 15 is 0 Å². The molecule has 7 nitrogen and oxygen atoms in total. The summed E-state index contributed by atoms with van der Waals surface area (Å²) in [7, 11) is 1.39. The molecular weight excluding hydrogens is 330 g/mol. The zero-order valence-corrected chi connectivity index (χ0v) is 12.4. The maximum atomic E-state index is 11.4. The number of esters is 1. The maximum absolute atomic E-state index is 11.4. The number of nitro groups is 1. The molecule has 1 aliphatic rings. The van der Waals surface area contributed by atoms with Gasteiger partial charge in [0.05, 0.1) is 18.7 Å². The number of carbonyl (C=O) groups is 1. The van der Waals surface area contributed by atoms with Crippen LogP contribution >= 0.6 is 15.9 Å². The van der Waals surface area contributed by atoms with Crippen molar-refractivity contribution in [2.45, 2.75) is 25.3 Å². The molecular formula is C12H14BrN3O4. The first kappa shape index (κ1) is 14.7. The molecule has 0 bridgehead atoms. The molecule has 1 fully saturated rings. The van der Waals surface area contributed by atoms with Crippen molar-refractivity contribution in [2.75, 3.05) is 12.4 Å². The third-order valence-electron chi connectivity index (χ3n) is 3.33. The number of methoxy groups -OCH3 is 1. The van der Waals surface area contributed by atoms with Crippen molar-refractivity contribution in [2.24, 2.45) is 5.92 Å². The molecule has 1 aromatic rings. The highest BCUT2D eigenvalue weighted by atomic mass is 79.9. The molecule has 2 atom stereocenters. The lowest BCUT2D eigenvalue weighted by molar-refractivity contribution is -0.390. The highest BCUT2D eigenvalue weighted by Crippen LogP contribution is 2.30. The summed E-state index contributed by atoms with van der Waals surface area (Å²) in [5.41, 5.74) is 0.693. The Morgan fingerprint density at radius 2 is 2.35 bits per heavy atom. The van der Waals surface area contributed by atoms with Crippen molar-refractivity contribution in [3.8, 4) is 0 Å². The summed E-state index contributed by atoms with van der Waals surface area (Å²) in [6, 6.07) is 1.77. The standard InChI is InChI=1S/C12H14BrN3O4/c1-20-12(17)7-2-3-8(4-7)15-9-5-10(13)11(14-6-9)16(18)19/h5-8,15H,2-4H2,1H3/t7-,8+/m0/s1. The molecule has 2 rings (SSSR count). The average molecular weight is 344 g/mol. The number of hydrogen-bond donors (Lipinski definition) is 1. The number of rotatable bonds is 4. The fourth-order valence-electron chi connectivity index (χ4n) is 2.37. The number of halogens is 1. The summed E-state index contributed by atoms with van der Waals surface area (Å²) in [5.74, 6) is -0.473. The second-order valence-electron chi connectivity index (χ2n) is 4.66. The van der Waals surface area contributed by atoms with Crippen molar-refractivity contribution < 1.29 is 14.5 Å². The predicted molar refractivity (Wildman–Crippen MR) is 75.4 cm³/mol. The van der Waals surface area contributed by atoms with Crippen molar-refractivity contribution in [1.29, 1.82) is 0 Å². The second-order valence-corrected chi connectivity index (χ2v) is 5.52. The van der Waals surface area contributed by atoms with E-state index in [0.717, 1.165) is 12.8 Å². The van der Waals surface area contributed by atoms with Crippen LogP contribution < -0.4 is 5.32 Å². The predicted octanol–water partition coefficient (Wildman–Crippen LogP) is 2.51. The van der Waals surface area contributed by atoms with Gasteiger partial charge in [-0.2, -0.15) is 0 Å². The summed E-state index contributed by atoms with van der Waals surface area (Å²) in [4.78, 5) is 25.4. The van der Waals surface area contributed by atoms with E-state index in [2.05, 4.69) is 26.2 Å². The zero-order valence-electron chi connectivity index (χ0n) is 10.8. The van der Waals surface area contributed by atoms with E-state index in [-0.39, 0.29) is 23.7 Å². The van der Waals surface area contributed by atoms with Crippen molar-refractivity contribution in [1.82, 2.24) is 4.98 Å². The minimum atomic E-state index is -0.545. The van der Waals surface area contributed by atoms with Gasteiger partial charge in [-0.3, -0.25) is 4.79 Å². The van der Waals surface area contributed by atoms with Crippen LogP contribution in [0, 0.1) is 16.0 Å². The van der Waals surface area contributed by atoms with Crippen LogP contribution in [0.4, 0.5) is 11.5 Å². The number of hydrogen-bond acceptors (Lipinski definition) is 6. The lowest BCUT2D eigenvalue weighted by Crippen LogP contribution is -2.19. The van der Waals surface area contributed by atoms with Crippen LogP contribution in [0.1, 0.15) is 19.3 Å². The van der Waals surface area contributed by atoms with Crippen LogP contribution in [0.15, 0.2) is 16.7 Å². The molecule has 0 spiro atoms. The molecule has 0 aromatic carbocycles. The molecule has 0 saturated heterocycles. The van der Waals surface area contributed by atoms with Gasteiger partial charge in [0.15, 0.2) is 6.20 Å². The summed E-state index contributed by atoms with van der Waals surface area (Å²) in [6.45, 7) is 0. The third-order valence-corrected chi connectivity index (χ3v) is 3.92. The Morgan fingerprint density at radius 1 is 1.60 bits per heavy atom. The molecule has 0 aliphatic heterocycles. The largest absolute Gasteiger partial charge is 0.469 e. The van der Waals surface area contributed by atoms with E-state index < -0.39 is 4.92 Å². The summed E-state index contributed by atoms with van der Waals surface area (Å²) < 4.78 is 5.06. The molecule has 20 heavy (non-hydrogen) atoms. The van der Waals surface area contributed by atoms with Crippen molar-refractivity contribution in [3.63, 3.8) is 0 Å². The fourth-order valence-corrected chi connectivity index (χ4v) is 2.87. The first-order valence-corrected chi connectivity index (χ1v) is 6.95. The number of ether oxygens (including phenoxy) is 1. The van der Waals surface area contributed by atoms with Crippen LogP contribution in [0.25, 0.3) is 0 Å². The topological polar surface area (TPSA) is 94.4 Å². The number of nitrogens with one attached hydrogen (secondary N) is 1. The summed E-state index contributed by atoms with van der Waals surface area (Å²) in [6.07, 6.45) is 3.76. The van der Waals surface area contributed by atoms with Gasteiger partial charge < -0.3 is 20.2 Å². The number of nitrogens with zero attached hydrogens (tertiary/aromatic N) is 2. The molecule has 1 aliphatic carbocycles. The Bertz CT molecular complexity index is 537. The normalized spacial score (nSPS) is 21.5. The van der Waals surface area contributed by atoms with E-state index in [1.807, 2.05) is 0 Å². The molecule has 1 N–H and O–H groups in total. The first-order valence-electron chi connectivity index (χ1n) is 6.15. The fraction of sp³-hybridized carbons (Fsp3) is 0.500. The van der Waals surface area contributed by atoms with Crippen LogP contribution in [0.3, 0.4) is 0 Å². The molecule has 0 amide bonds. The van der Waals surface area contributed by atoms with Crippen LogP contribution in [0.5, 0.6) is 0 Å². The molecule has 1 saturated carbocycles. The molecule has 1 heterocycles. The summed E-state index contributed by atoms with van der Waals surface area (Å²) in [5, 5.41) is 13.9. The van der Waals surface area contributed by atoms with Crippen LogP contribution in [0.2, 0.25) is 0 Å². The number of anilines is 1. The number of pyridine rings is 1. The van der Waals surface area contributed by atoms with Gasteiger partial charge in [-0.25, -0.2) is 0 Å². The van der Waals surface area contributed by atoms with Gasteiger partial charge in [0.2, 0.25) is 0 Å². The number of aromatic nitrogens is 1. The Labute approximate surface area is 124 Å². The first-order chi connectivity index (χ1) is 9.51. The number of carbonyl (C=O) groups excluding carboxylic acids is 1. The summed E-state index contributed by atoms with van der Waals surface area (Å²) >= 11 is 3.13. The van der Waals surface area contributed by atoms with Gasteiger partial charge in [-0.05, 0) is 51.2 Å². The second kappa shape index (κ2) is 6.17. The lowest BCUT2D eigenvalue weighted by Gasteiger charge is -2.13. The molecule has 0 radical (unpaired) electrons. The van der Waals surface area contributed by atoms with E-state index in [0.29, 0.717) is 16.6 Å². The SMILES string of the molecule is COC(=O)[C@H]1CC[C@@H](Nc2cnc([N+](=O)[O-])c(Br)c2)C1. The smallest absolute Gasteiger partial charge is 0.377 e. The zero-order chi connectivity index (χ0) is 14.7. The van der Waals surface area contributed by atoms with Gasteiger partial charge in [0.25, 0.3) is 0 Å². The molecule has 0 unspecified atom stereocenters. The van der Waals surface area contributed by atoms with Gasteiger partial charge in [0.1, 0.15) is 4.47 Å².